The molecular formula is C24H30N6O4. The molecule has 3 aromatic rings. The summed E-state index contributed by atoms with van der Waals surface area (Å²) in [6, 6.07) is 7.18. The monoisotopic (exact) mass is 466 g/mol. The maximum atomic E-state index is 12.9. The maximum Gasteiger partial charge on any atom is 0.410 e. The van der Waals surface area contributed by atoms with Crippen molar-refractivity contribution in [3.05, 3.63) is 42.2 Å². The van der Waals surface area contributed by atoms with E-state index < -0.39 is 5.60 Å². The van der Waals surface area contributed by atoms with E-state index in [4.69, 9.17) is 9.47 Å². The van der Waals surface area contributed by atoms with Crippen molar-refractivity contribution in [1.82, 2.24) is 19.7 Å². The second kappa shape index (κ2) is 9.20. The van der Waals surface area contributed by atoms with Crippen molar-refractivity contribution in [1.29, 1.82) is 0 Å². The lowest BCUT2D eigenvalue weighted by Gasteiger charge is -2.36. The van der Waals surface area contributed by atoms with Gasteiger partial charge in [0.2, 0.25) is 0 Å². The molecule has 0 bridgehead atoms. The molecule has 0 aliphatic carbocycles. The number of benzene rings is 1. The fourth-order valence-electron chi connectivity index (χ4n) is 3.83. The van der Waals surface area contributed by atoms with Crippen LogP contribution in [0.25, 0.3) is 10.9 Å². The van der Waals surface area contributed by atoms with Gasteiger partial charge >= 0.3 is 6.09 Å². The van der Waals surface area contributed by atoms with Crippen molar-refractivity contribution in [2.45, 2.75) is 26.4 Å². The number of piperazine rings is 1. The first-order chi connectivity index (χ1) is 16.1. The molecule has 1 saturated heterocycles. The molecule has 0 atom stereocenters. The molecule has 1 aliphatic rings. The number of fused-ring (bicyclic) bond motifs is 1. The topological polar surface area (TPSA) is 102 Å². The van der Waals surface area contributed by atoms with E-state index in [2.05, 4.69) is 20.3 Å². The van der Waals surface area contributed by atoms with Gasteiger partial charge in [-0.05, 0) is 39.0 Å². The van der Waals surface area contributed by atoms with Crippen LogP contribution >= 0.6 is 0 Å². The summed E-state index contributed by atoms with van der Waals surface area (Å²) in [6.07, 6.45) is 3.28. The van der Waals surface area contributed by atoms with Crippen LogP contribution in [-0.4, -0.2) is 70.6 Å². The fraction of sp³-hybridized carbons (Fsp3) is 0.417. The zero-order valence-electron chi connectivity index (χ0n) is 20.2. The van der Waals surface area contributed by atoms with E-state index in [9.17, 15) is 9.59 Å². The molecule has 3 heterocycles. The number of aryl methyl sites for hydroxylation is 1. The van der Waals surface area contributed by atoms with Gasteiger partial charge in [0.25, 0.3) is 5.91 Å². The lowest BCUT2D eigenvalue weighted by atomic mass is 10.1. The normalized spacial score (nSPS) is 14.3. The summed E-state index contributed by atoms with van der Waals surface area (Å²) in [7, 11) is 3.35. The molecule has 180 valence electrons. The third-order valence-corrected chi connectivity index (χ3v) is 5.47. The number of amides is 2. The zero-order chi connectivity index (χ0) is 24.5. The summed E-state index contributed by atoms with van der Waals surface area (Å²) in [5.41, 5.74) is 1.58. The Morgan fingerprint density at radius 1 is 1.09 bits per heavy atom. The number of nitrogens with zero attached hydrogens (tertiary/aromatic N) is 5. The minimum absolute atomic E-state index is 0.289. The Hall–Kier alpha value is -3.82. The predicted molar refractivity (Wildman–Crippen MR) is 129 cm³/mol. The van der Waals surface area contributed by atoms with Gasteiger partial charge in [-0.3, -0.25) is 9.48 Å². The maximum absolute atomic E-state index is 12.9. The minimum Gasteiger partial charge on any atom is -0.496 e. The first kappa shape index (κ1) is 23.3. The molecule has 34 heavy (non-hydrogen) atoms. The summed E-state index contributed by atoms with van der Waals surface area (Å²) in [6.45, 7) is 8.08. The number of aromatic nitrogens is 3. The molecule has 1 aliphatic heterocycles. The van der Waals surface area contributed by atoms with Gasteiger partial charge in [-0.2, -0.15) is 5.10 Å². The average Bonchev–Trinajstić information content (AvgIpc) is 3.16. The summed E-state index contributed by atoms with van der Waals surface area (Å²) in [5.74, 6) is 0.575. The third kappa shape index (κ3) is 5.22. The van der Waals surface area contributed by atoms with Gasteiger partial charge in [0, 0.05) is 50.9 Å². The number of carbonyl (C=O) groups is 2. The van der Waals surface area contributed by atoms with E-state index in [-0.39, 0.29) is 12.0 Å². The molecule has 1 N–H and O–H groups in total. The van der Waals surface area contributed by atoms with E-state index >= 15 is 0 Å². The van der Waals surface area contributed by atoms with Crippen LogP contribution < -0.4 is 15.0 Å². The van der Waals surface area contributed by atoms with Crippen molar-refractivity contribution in [2.75, 3.05) is 43.5 Å². The molecule has 1 aromatic carbocycles. The first-order valence-electron chi connectivity index (χ1n) is 11.1. The van der Waals surface area contributed by atoms with Crippen LogP contribution in [-0.2, 0) is 11.8 Å². The number of hydrogen-bond acceptors (Lipinski definition) is 7. The number of pyridine rings is 1. The lowest BCUT2D eigenvalue weighted by molar-refractivity contribution is 0.0240. The van der Waals surface area contributed by atoms with Crippen LogP contribution in [0.3, 0.4) is 0 Å². The highest BCUT2D eigenvalue weighted by molar-refractivity contribution is 6.08. The largest absolute Gasteiger partial charge is 0.496 e. The predicted octanol–water partition coefficient (Wildman–Crippen LogP) is 3.29. The third-order valence-electron chi connectivity index (χ3n) is 5.47. The Labute approximate surface area is 198 Å². The average molecular weight is 467 g/mol. The minimum atomic E-state index is -0.508. The number of hydrogen-bond donors (Lipinski definition) is 1. The smallest absolute Gasteiger partial charge is 0.410 e. The van der Waals surface area contributed by atoms with E-state index in [0.717, 1.165) is 16.6 Å². The van der Waals surface area contributed by atoms with Crippen molar-refractivity contribution >= 4 is 34.4 Å². The number of ether oxygens (including phenoxy) is 2. The molecule has 1 fully saturated rings. The van der Waals surface area contributed by atoms with Crippen LogP contribution in [0.4, 0.5) is 16.3 Å². The Bertz CT molecular complexity index is 1190. The molecule has 10 nitrogen and oxygen atoms in total. The number of anilines is 2. The van der Waals surface area contributed by atoms with E-state index in [1.807, 2.05) is 40.1 Å². The van der Waals surface area contributed by atoms with Crippen molar-refractivity contribution in [3.8, 4) is 5.75 Å². The lowest BCUT2D eigenvalue weighted by Crippen LogP contribution is -2.50. The molecule has 0 saturated carbocycles. The number of carbonyl (C=O) groups excluding carboxylic acids is 2. The Balaban J connectivity index is 1.39. The van der Waals surface area contributed by atoms with Crippen LogP contribution in [0.5, 0.6) is 5.75 Å². The number of nitrogens with one attached hydrogen (secondary N) is 1. The Kier molecular flexibility index (Phi) is 6.32. The van der Waals surface area contributed by atoms with Crippen molar-refractivity contribution in [2.24, 2.45) is 7.05 Å². The molecule has 0 spiro atoms. The summed E-state index contributed by atoms with van der Waals surface area (Å²) in [5, 5.41) is 8.03. The number of rotatable bonds is 4. The Morgan fingerprint density at radius 3 is 2.44 bits per heavy atom. The van der Waals surface area contributed by atoms with E-state index in [0.29, 0.717) is 43.3 Å². The second-order valence-electron chi connectivity index (χ2n) is 9.22. The van der Waals surface area contributed by atoms with Crippen molar-refractivity contribution in [3.63, 3.8) is 0 Å². The van der Waals surface area contributed by atoms with Gasteiger partial charge < -0.3 is 24.6 Å². The molecule has 0 unspecified atom stereocenters. The van der Waals surface area contributed by atoms with Gasteiger partial charge in [-0.1, -0.05) is 0 Å². The van der Waals surface area contributed by atoms with E-state index in [1.54, 1.807) is 34.0 Å². The Morgan fingerprint density at radius 2 is 1.82 bits per heavy atom. The zero-order valence-corrected chi connectivity index (χ0v) is 20.2. The highest BCUT2D eigenvalue weighted by Crippen LogP contribution is 2.26. The molecular weight excluding hydrogens is 436 g/mol. The highest BCUT2D eigenvalue weighted by atomic mass is 16.6. The highest BCUT2D eigenvalue weighted by Gasteiger charge is 2.26. The van der Waals surface area contributed by atoms with Crippen LogP contribution in [0.15, 0.2) is 36.7 Å². The quantitative estimate of drug-likeness (QED) is 0.630. The number of methoxy groups -OCH3 is 1. The first-order valence-corrected chi connectivity index (χ1v) is 11.1. The van der Waals surface area contributed by atoms with Gasteiger partial charge in [0.1, 0.15) is 17.2 Å². The van der Waals surface area contributed by atoms with E-state index in [1.165, 1.54) is 7.11 Å². The van der Waals surface area contributed by atoms with Crippen LogP contribution in [0, 0.1) is 0 Å². The molecule has 2 aromatic heterocycles. The van der Waals surface area contributed by atoms with Crippen LogP contribution in [0.1, 0.15) is 31.1 Å². The SMILES string of the molecule is COc1cc2nn(C)cc2cc1C(=O)Nc1ccc(N2CCN(C(=O)OC(C)(C)C)CC2)cn1. The molecule has 4 rings (SSSR count). The van der Waals surface area contributed by atoms with Crippen molar-refractivity contribution < 1.29 is 19.1 Å². The van der Waals surface area contributed by atoms with Gasteiger partial charge in [0.05, 0.1) is 30.1 Å². The molecule has 10 heteroatoms. The summed E-state index contributed by atoms with van der Waals surface area (Å²) < 4.78 is 12.5. The van der Waals surface area contributed by atoms with Crippen LogP contribution in [0.2, 0.25) is 0 Å². The summed E-state index contributed by atoms with van der Waals surface area (Å²) in [4.78, 5) is 33.4. The van der Waals surface area contributed by atoms with Gasteiger partial charge in [0.15, 0.2) is 0 Å². The fourth-order valence-corrected chi connectivity index (χ4v) is 3.83. The van der Waals surface area contributed by atoms with Gasteiger partial charge in [-0.25, -0.2) is 9.78 Å². The summed E-state index contributed by atoms with van der Waals surface area (Å²) >= 11 is 0. The van der Waals surface area contributed by atoms with Gasteiger partial charge in [-0.15, -0.1) is 0 Å². The standard InChI is InChI=1S/C24H30N6O4/c1-24(2,3)34-23(32)30-10-8-29(9-11-30)17-6-7-21(25-14-17)26-22(31)18-12-16-15-28(4)27-19(16)13-20(18)33-5/h6-7,12-15H,8-11H2,1-5H3,(H,25,26,31). The second-order valence-corrected chi connectivity index (χ2v) is 9.22. The molecule has 0 radical (unpaired) electrons. The molecule has 2 amide bonds.